The fraction of sp³-hybridized carbons (Fsp3) is 0.688. The van der Waals surface area contributed by atoms with Crippen molar-refractivity contribution in [2.45, 2.75) is 38.6 Å². The SMILES string of the molecule is CC1(C)CC2=C(C(=O)N1)C1(CCN(S(C)(=O)=O)CC1)C1=C(N=NC1)N2. The lowest BCUT2D eigenvalue weighted by Crippen LogP contribution is -2.56. The van der Waals surface area contributed by atoms with Gasteiger partial charge in [0.05, 0.1) is 12.8 Å². The maximum absolute atomic E-state index is 13.0. The number of azo groups is 1. The van der Waals surface area contributed by atoms with E-state index in [0.29, 0.717) is 38.9 Å². The first kappa shape index (κ1) is 16.7. The third-order valence-electron chi connectivity index (χ3n) is 5.66. The summed E-state index contributed by atoms with van der Waals surface area (Å²) >= 11 is 0. The number of nitrogens with zero attached hydrogens (tertiary/aromatic N) is 3. The third kappa shape index (κ3) is 2.52. The highest BCUT2D eigenvalue weighted by Gasteiger charge is 2.52. The molecule has 0 aliphatic carbocycles. The Labute approximate surface area is 147 Å². The average molecular weight is 365 g/mol. The molecule has 0 saturated carbocycles. The van der Waals surface area contributed by atoms with Crippen LogP contribution in [0, 0.1) is 5.41 Å². The third-order valence-corrected chi connectivity index (χ3v) is 6.96. The highest BCUT2D eigenvalue weighted by atomic mass is 32.2. The quantitative estimate of drug-likeness (QED) is 0.719. The number of dihydropyridines is 1. The van der Waals surface area contributed by atoms with Crippen LogP contribution in [0.5, 0.6) is 0 Å². The van der Waals surface area contributed by atoms with E-state index in [4.69, 9.17) is 0 Å². The van der Waals surface area contributed by atoms with Gasteiger partial charge in [-0.2, -0.15) is 5.11 Å². The molecule has 0 unspecified atom stereocenters. The molecule has 1 fully saturated rings. The lowest BCUT2D eigenvalue weighted by atomic mass is 9.63. The van der Waals surface area contributed by atoms with Crippen LogP contribution in [-0.2, 0) is 14.8 Å². The van der Waals surface area contributed by atoms with Crippen LogP contribution in [0.2, 0.25) is 0 Å². The summed E-state index contributed by atoms with van der Waals surface area (Å²) in [6, 6.07) is 0. The largest absolute Gasteiger partial charge is 0.347 e. The number of carbonyl (C=O) groups is 1. The number of hydrogen-bond donors (Lipinski definition) is 2. The Morgan fingerprint density at radius 2 is 1.88 bits per heavy atom. The fourth-order valence-electron chi connectivity index (χ4n) is 4.53. The second-order valence-electron chi connectivity index (χ2n) is 7.96. The lowest BCUT2D eigenvalue weighted by Gasteiger charge is -2.49. The molecule has 1 spiro atoms. The molecular weight excluding hydrogens is 342 g/mol. The van der Waals surface area contributed by atoms with Gasteiger partial charge < -0.3 is 10.6 Å². The smallest absolute Gasteiger partial charge is 0.250 e. The number of hydrogen-bond acceptors (Lipinski definition) is 6. The van der Waals surface area contributed by atoms with Crippen LogP contribution in [0.3, 0.4) is 0 Å². The highest BCUT2D eigenvalue weighted by molar-refractivity contribution is 7.88. The van der Waals surface area contributed by atoms with E-state index in [1.54, 1.807) is 0 Å². The van der Waals surface area contributed by atoms with Gasteiger partial charge in [-0.25, -0.2) is 12.7 Å². The van der Waals surface area contributed by atoms with Gasteiger partial charge in [0, 0.05) is 47.3 Å². The van der Waals surface area contributed by atoms with Crippen molar-refractivity contribution in [2.24, 2.45) is 15.6 Å². The van der Waals surface area contributed by atoms with E-state index in [9.17, 15) is 13.2 Å². The van der Waals surface area contributed by atoms with E-state index in [1.165, 1.54) is 10.6 Å². The molecule has 4 aliphatic heterocycles. The second kappa shape index (κ2) is 5.14. The molecule has 0 radical (unpaired) electrons. The molecule has 1 amide bonds. The minimum Gasteiger partial charge on any atom is -0.347 e. The maximum atomic E-state index is 13.0. The molecule has 4 heterocycles. The van der Waals surface area contributed by atoms with Gasteiger partial charge >= 0.3 is 0 Å². The van der Waals surface area contributed by atoms with Crippen LogP contribution in [-0.4, -0.2) is 50.1 Å². The number of sulfonamides is 1. The molecule has 0 atom stereocenters. The summed E-state index contributed by atoms with van der Waals surface area (Å²) in [4.78, 5) is 13.0. The van der Waals surface area contributed by atoms with E-state index >= 15 is 0 Å². The predicted molar refractivity (Wildman–Crippen MR) is 91.8 cm³/mol. The van der Waals surface area contributed by atoms with Crippen LogP contribution < -0.4 is 10.6 Å². The van der Waals surface area contributed by atoms with Crippen molar-refractivity contribution in [3.05, 3.63) is 22.7 Å². The zero-order chi connectivity index (χ0) is 18.0. The van der Waals surface area contributed by atoms with E-state index in [0.717, 1.165) is 22.7 Å². The first-order valence-corrected chi connectivity index (χ1v) is 10.4. The maximum Gasteiger partial charge on any atom is 0.250 e. The van der Waals surface area contributed by atoms with Crippen molar-refractivity contribution >= 4 is 15.9 Å². The zero-order valence-electron chi connectivity index (χ0n) is 14.7. The Bertz CT molecular complexity index is 845. The van der Waals surface area contributed by atoms with E-state index in [-0.39, 0.29) is 11.4 Å². The minimum absolute atomic E-state index is 0.0648. The van der Waals surface area contributed by atoms with Crippen LogP contribution in [0.1, 0.15) is 33.1 Å². The normalized spacial score (nSPS) is 27.9. The van der Waals surface area contributed by atoms with Gasteiger partial charge in [0.15, 0.2) is 5.82 Å². The summed E-state index contributed by atoms with van der Waals surface area (Å²) in [5.41, 5.74) is 1.88. The number of rotatable bonds is 1. The monoisotopic (exact) mass is 365 g/mol. The zero-order valence-corrected chi connectivity index (χ0v) is 15.5. The van der Waals surface area contributed by atoms with Crippen molar-refractivity contribution in [1.29, 1.82) is 0 Å². The molecule has 1 saturated heterocycles. The summed E-state index contributed by atoms with van der Waals surface area (Å²) < 4.78 is 25.3. The molecule has 0 aromatic carbocycles. The van der Waals surface area contributed by atoms with Gasteiger partial charge in [-0.1, -0.05) is 0 Å². The highest BCUT2D eigenvalue weighted by Crippen LogP contribution is 2.52. The van der Waals surface area contributed by atoms with Crippen LogP contribution in [0.15, 0.2) is 32.9 Å². The summed E-state index contributed by atoms with van der Waals surface area (Å²) in [7, 11) is -3.23. The Kier molecular flexibility index (Phi) is 3.43. The lowest BCUT2D eigenvalue weighted by molar-refractivity contribution is -0.121. The van der Waals surface area contributed by atoms with Gasteiger partial charge in [0.2, 0.25) is 15.9 Å². The van der Waals surface area contributed by atoms with Crippen molar-refractivity contribution in [3.8, 4) is 0 Å². The molecule has 25 heavy (non-hydrogen) atoms. The molecule has 0 aromatic rings. The first-order valence-electron chi connectivity index (χ1n) is 8.52. The fourth-order valence-corrected chi connectivity index (χ4v) is 5.38. The van der Waals surface area contributed by atoms with Crippen LogP contribution >= 0.6 is 0 Å². The molecule has 4 aliphatic rings. The standard InChI is InChI=1S/C16H23N5O3S/c1-15(2)8-11-12(14(22)19-15)16(10-9-17-20-13(10)18-11)4-6-21(7-5-16)25(3,23)24/h18H,4-9H2,1-3H3,(H,19,22). The minimum atomic E-state index is -3.23. The van der Waals surface area contributed by atoms with Gasteiger partial charge in [-0.3, -0.25) is 4.79 Å². The molecule has 0 aromatic heterocycles. The van der Waals surface area contributed by atoms with Crippen molar-refractivity contribution in [1.82, 2.24) is 14.9 Å². The molecule has 4 rings (SSSR count). The number of carbonyl (C=O) groups excluding carboxylic acids is 1. The van der Waals surface area contributed by atoms with E-state index in [1.807, 2.05) is 13.8 Å². The number of nitrogens with one attached hydrogen (secondary N) is 2. The van der Waals surface area contributed by atoms with Gasteiger partial charge in [0.1, 0.15) is 0 Å². The second-order valence-corrected chi connectivity index (χ2v) is 9.95. The van der Waals surface area contributed by atoms with Gasteiger partial charge in [-0.15, -0.1) is 5.11 Å². The van der Waals surface area contributed by atoms with Gasteiger partial charge in [0.25, 0.3) is 0 Å². The van der Waals surface area contributed by atoms with Gasteiger partial charge in [-0.05, 0) is 26.7 Å². The Hall–Kier alpha value is -1.74. The van der Waals surface area contributed by atoms with Crippen LogP contribution in [0.4, 0.5) is 0 Å². The van der Waals surface area contributed by atoms with Crippen molar-refractivity contribution in [3.63, 3.8) is 0 Å². The van der Waals surface area contributed by atoms with Crippen molar-refractivity contribution in [2.75, 3.05) is 25.9 Å². The molecular formula is C16H23N5O3S. The Morgan fingerprint density at radius 1 is 1.20 bits per heavy atom. The summed E-state index contributed by atoms with van der Waals surface area (Å²) in [5, 5.41) is 14.8. The molecule has 9 heteroatoms. The van der Waals surface area contributed by atoms with E-state index in [2.05, 4.69) is 20.9 Å². The number of amides is 1. The van der Waals surface area contributed by atoms with E-state index < -0.39 is 15.4 Å². The van der Waals surface area contributed by atoms with Crippen LogP contribution in [0.25, 0.3) is 0 Å². The molecule has 2 N–H and O–H groups in total. The summed E-state index contributed by atoms with van der Waals surface area (Å²) in [5.74, 6) is 0.682. The molecule has 136 valence electrons. The Balaban J connectivity index is 1.77. The number of fused-ring (bicyclic) bond motifs is 2. The molecule has 0 bridgehead atoms. The van der Waals surface area contributed by atoms with Crippen molar-refractivity contribution < 1.29 is 13.2 Å². The molecule has 8 nitrogen and oxygen atoms in total. The summed E-state index contributed by atoms with van der Waals surface area (Å²) in [6.45, 7) is 5.27. The average Bonchev–Trinajstić information content (AvgIpc) is 2.94. The Morgan fingerprint density at radius 3 is 2.52 bits per heavy atom. The predicted octanol–water partition coefficient (Wildman–Crippen LogP) is 0.861. The summed E-state index contributed by atoms with van der Waals surface area (Å²) in [6.07, 6.45) is 3.09. The first-order chi connectivity index (χ1) is 11.6. The number of piperidine rings is 1. The topological polar surface area (TPSA) is 103 Å².